The molecule has 0 aromatic rings. The lowest BCUT2D eigenvalue weighted by atomic mass is 9.82. The van der Waals surface area contributed by atoms with E-state index in [2.05, 4.69) is 33.9 Å². The van der Waals surface area contributed by atoms with Gasteiger partial charge in [-0.3, -0.25) is 0 Å². The first-order valence-corrected chi connectivity index (χ1v) is 13.2. The minimum absolute atomic E-state index is 0.0147. The summed E-state index contributed by atoms with van der Waals surface area (Å²) in [6, 6.07) is 0. The molecule has 0 aromatic heterocycles. The van der Waals surface area contributed by atoms with Crippen LogP contribution in [0.2, 0.25) is 18.1 Å². The van der Waals surface area contributed by atoms with Crippen LogP contribution in [0.4, 0.5) is 0 Å². The van der Waals surface area contributed by atoms with Crippen molar-refractivity contribution in [2.24, 2.45) is 0 Å². The summed E-state index contributed by atoms with van der Waals surface area (Å²) >= 11 is 0. The van der Waals surface area contributed by atoms with E-state index in [1.807, 2.05) is 6.92 Å². The van der Waals surface area contributed by atoms with Gasteiger partial charge in [-0.2, -0.15) is 0 Å². The summed E-state index contributed by atoms with van der Waals surface area (Å²) < 4.78 is 19.3. The molecule has 6 nitrogen and oxygen atoms in total. The van der Waals surface area contributed by atoms with Crippen molar-refractivity contribution in [1.29, 1.82) is 0 Å². The van der Waals surface area contributed by atoms with E-state index in [4.69, 9.17) is 13.9 Å². The Morgan fingerprint density at radius 2 is 1.59 bits per heavy atom. The van der Waals surface area contributed by atoms with E-state index >= 15 is 0 Å². The molecule has 5 atom stereocenters. The van der Waals surface area contributed by atoms with E-state index in [0.29, 0.717) is 32.1 Å². The van der Waals surface area contributed by atoms with Crippen molar-refractivity contribution in [3.05, 3.63) is 0 Å². The monoisotopic (exact) mass is 404 g/mol. The van der Waals surface area contributed by atoms with Crippen LogP contribution in [-0.2, 0) is 13.9 Å². The predicted molar refractivity (Wildman–Crippen MR) is 107 cm³/mol. The summed E-state index contributed by atoms with van der Waals surface area (Å²) in [5, 5.41) is 29.7. The van der Waals surface area contributed by atoms with E-state index in [0.717, 1.165) is 6.42 Å². The fraction of sp³-hybridized carbons (Fsp3) is 1.00. The summed E-state index contributed by atoms with van der Waals surface area (Å²) in [7, 11) is -1.97. The van der Waals surface area contributed by atoms with Gasteiger partial charge in [0.25, 0.3) is 0 Å². The molecule has 0 aliphatic carbocycles. The van der Waals surface area contributed by atoms with Gasteiger partial charge >= 0.3 is 0 Å². The Kier molecular flexibility index (Phi) is 7.22. The Labute approximate surface area is 165 Å². The summed E-state index contributed by atoms with van der Waals surface area (Å²) in [6.45, 7) is 13.0. The second kappa shape index (κ2) is 8.38. The van der Waals surface area contributed by atoms with Crippen LogP contribution < -0.4 is 0 Å². The molecule has 0 unspecified atom stereocenters. The van der Waals surface area contributed by atoms with Gasteiger partial charge in [-0.25, -0.2) is 0 Å². The van der Waals surface area contributed by atoms with E-state index in [1.54, 1.807) is 0 Å². The molecule has 2 saturated heterocycles. The van der Waals surface area contributed by atoms with Crippen LogP contribution in [0.15, 0.2) is 0 Å². The van der Waals surface area contributed by atoms with Crippen LogP contribution in [0.25, 0.3) is 0 Å². The molecule has 0 radical (unpaired) electrons. The normalized spacial score (nSPS) is 38.3. The second-order valence-electron chi connectivity index (χ2n) is 10.2. The molecule has 0 aromatic carbocycles. The van der Waals surface area contributed by atoms with Crippen molar-refractivity contribution < 1.29 is 29.2 Å². The number of rotatable bonds is 6. The largest absolute Gasteiger partial charge is 0.414 e. The molecule has 2 rings (SSSR count). The maximum absolute atomic E-state index is 10.8. The van der Waals surface area contributed by atoms with Crippen molar-refractivity contribution in [2.75, 3.05) is 13.2 Å². The number of ether oxygens (including phenoxy) is 2. The van der Waals surface area contributed by atoms with Crippen molar-refractivity contribution >= 4 is 8.32 Å². The predicted octanol–water partition coefficient (Wildman–Crippen LogP) is 2.95. The van der Waals surface area contributed by atoms with E-state index in [9.17, 15) is 15.3 Å². The highest BCUT2D eigenvalue weighted by atomic mass is 28.4. The molecule has 2 heterocycles. The van der Waals surface area contributed by atoms with Gasteiger partial charge in [0.15, 0.2) is 14.1 Å². The van der Waals surface area contributed by atoms with Gasteiger partial charge < -0.3 is 29.2 Å². The third kappa shape index (κ3) is 5.98. The zero-order valence-electron chi connectivity index (χ0n) is 18.0. The van der Waals surface area contributed by atoms with E-state index < -0.39 is 19.7 Å². The molecule has 2 aliphatic rings. The molecule has 2 fully saturated rings. The Balaban J connectivity index is 2.24. The number of hydrogen-bond acceptors (Lipinski definition) is 6. The topological polar surface area (TPSA) is 88.4 Å². The summed E-state index contributed by atoms with van der Waals surface area (Å²) in [5.41, 5.74) is -0.916. The Morgan fingerprint density at radius 3 is 2.15 bits per heavy atom. The molecule has 0 amide bonds. The summed E-state index contributed by atoms with van der Waals surface area (Å²) in [4.78, 5) is 0. The first-order valence-electron chi connectivity index (χ1n) is 10.3. The molecule has 0 saturated carbocycles. The molecule has 160 valence electrons. The lowest BCUT2D eigenvalue weighted by Gasteiger charge is -2.53. The van der Waals surface area contributed by atoms with Crippen molar-refractivity contribution in [1.82, 2.24) is 0 Å². The van der Waals surface area contributed by atoms with Gasteiger partial charge in [0.1, 0.15) is 0 Å². The molecule has 3 N–H and O–H groups in total. The van der Waals surface area contributed by atoms with E-state index in [1.165, 1.54) is 0 Å². The minimum atomic E-state index is -1.97. The fourth-order valence-corrected chi connectivity index (χ4v) is 5.52. The molecule has 0 bridgehead atoms. The highest BCUT2D eigenvalue weighted by molar-refractivity contribution is 6.74. The molecule has 2 aliphatic heterocycles. The van der Waals surface area contributed by atoms with Crippen LogP contribution in [0.3, 0.4) is 0 Å². The first kappa shape index (κ1) is 23.3. The van der Waals surface area contributed by atoms with Gasteiger partial charge in [0, 0.05) is 32.5 Å². The molecule has 7 heteroatoms. The van der Waals surface area contributed by atoms with Gasteiger partial charge in [-0.15, -0.1) is 0 Å². The smallest absolute Gasteiger partial charge is 0.192 e. The van der Waals surface area contributed by atoms with Crippen LogP contribution in [0.5, 0.6) is 0 Å². The quantitative estimate of drug-likeness (QED) is 0.590. The zero-order valence-corrected chi connectivity index (χ0v) is 19.0. The van der Waals surface area contributed by atoms with Gasteiger partial charge in [0.05, 0.1) is 23.9 Å². The standard InChI is InChI=1S/C20H40O6Si/c1-18(2,3)27(5,6)26-17-11-15(7-9-21)24-20(13-17)14-19(4,23)12-16(25-20)8-10-22/h15-17,21-23H,7-14H2,1-6H3/t15-,16-,17-,19-,20+/m0/s1. The maximum atomic E-state index is 10.8. The lowest BCUT2D eigenvalue weighted by molar-refractivity contribution is -0.350. The second-order valence-corrected chi connectivity index (χ2v) is 15.0. The fourth-order valence-electron chi connectivity index (χ4n) is 4.15. The van der Waals surface area contributed by atoms with Crippen LogP contribution in [-0.4, -0.2) is 66.6 Å². The Bertz CT molecular complexity index is 485. The Morgan fingerprint density at radius 1 is 1.04 bits per heavy atom. The molecular weight excluding hydrogens is 364 g/mol. The van der Waals surface area contributed by atoms with Gasteiger partial charge in [-0.05, 0) is 44.3 Å². The first-order chi connectivity index (χ1) is 12.3. The summed E-state index contributed by atoms with van der Waals surface area (Å²) in [5.74, 6) is -0.924. The maximum Gasteiger partial charge on any atom is 0.192 e. The van der Waals surface area contributed by atoms with Crippen molar-refractivity contribution in [2.45, 2.75) is 114 Å². The molecule has 27 heavy (non-hydrogen) atoms. The molecular formula is C20H40O6Si. The van der Waals surface area contributed by atoms with E-state index in [-0.39, 0.29) is 36.6 Å². The molecule has 1 spiro atoms. The number of aliphatic hydroxyl groups excluding tert-OH is 2. The summed E-state index contributed by atoms with van der Waals surface area (Å²) in [6.07, 6.45) is 2.71. The highest BCUT2D eigenvalue weighted by Crippen LogP contribution is 2.47. The van der Waals surface area contributed by atoms with Crippen LogP contribution in [0.1, 0.15) is 66.2 Å². The van der Waals surface area contributed by atoms with Gasteiger partial charge in [0.2, 0.25) is 0 Å². The van der Waals surface area contributed by atoms with Gasteiger partial charge in [-0.1, -0.05) is 20.8 Å². The zero-order chi connectivity index (χ0) is 20.5. The minimum Gasteiger partial charge on any atom is -0.414 e. The average Bonchev–Trinajstić information content (AvgIpc) is 2.43. The highest BCUT2D eigenvalue weighted by Gasteiger charge is 2.53. The SMILES string of the molecule is CC(C)(C)[Si](C)(C)O[C@H]1C[C@H](CCO)O[C@@]2(C1)C[C@@](C)(O)C[C@H](CCO)O2. The lowest BCUT2D eigenvalue weighted by Crippen LogP contribution is -2.59. The number of aliphatic hydroxyl groups is 3. The number of hydrogen-bond donors (Lipinski definition) is 3. The van der Waals surface area contributed by atoms with Crippen molar-refractivity contribution in [3.63, 3.8) is 0 Å². The van der Waals surface area contributed by atoms with Crippen molar-refractivity contribution in [3.8, 4) is 0 Å². The van der Waals surface area contributed by atoms with Crippen LogP contribution in [0, 0.1) is 0 Å². The third-order valence-electron chi connectivity index (χ3n) is 6.31. The third-order valence-corrected chi connectivity index (χ3v) is 10.8. The Hall–Kier alpha value is -0.0231. The van der Waals surface area contributed by atoms with Crippen LogP contribution >= 0.6 is 0 Å². The average molecular weight is 405 g/mol.